The molecule has 25 nitrogen and oxygen atoms in total. The number of fused-ring (bicyclic) bond motifs is 3. The number of esters is 1. The summed E-state index contributed by atoms with van der Waals surface area (Å²) in [7, 11) is 0. The van der Waals surface area contributed by atoms with Crippen LogP contribution in [-0.2, 0) is 52.5 Å². The Kier molecular flexibility index (Phi) is 14.9. The number of ether oxygens (including phenoxy) is 8. The van der Waals surface area contributed by atoms with Crippen molar-refractivity contribution in [3.63, 3.8) is 0 Å². The fraction of sp³-hybridized carbons (Fsp3) is 0.929. The molecule has 0 aromatic carbocycles. The SMILES string of the molecule is C=C1C[C@@]23CC[C@H]4[C@@](C)(CCC[C@@]4(C)C(=O)O[C@@H]4O[C@H](OO)[C@@H](O)[C@H](O[C@H]5O[C@H](OO)[C@@H](O)[C@H](O)[C@H]5O)[C@H]4O)[C@@H]2CC[C@]1(O[C@@H]1O[C@H](CO)[C@@H](O[C@H]2O[C@H](CO)[C@@H](O)[C@H](O)[C@H]2O)[C@H](O)[C@H]1O)C3. The van der Waals surface area contributed by atoms with E-state index in [0.717, 1.165) is 12.0 Å². The minimum Gasteiger partial charge on any atom is -0.432 e. The highest BCUT2D eigenvalue weighted by molar-refractivity contribution is 5.77. The van der Waals surface area contributed by atoms with Crippen LogP contribution in [0.2, 0.25) is 0 Å². The lowest BCUT2D eigenvalue weighted by atomic mass is 9.41. The van der Waals surface area contributed by atoms with Gasteiger partial charge in [-0.2, -0.15) is 0 Å². The van der Waals surface area contributed by atoms with Crippen LogP contribution >= 0.6 is 0 Å². The Morgan fingerprint density at radius 2 is 1.13 bits per heavy atom. The number of carbonyl (C=O) groups excluding carboxylic acids is 1. The molecule has 0 aromatic rings. The standard InChI is InChI=1S/C42H66O25/c1-15-11-41-9-5-18-39(2,7-4-8-40(18,3)38(55)64-34-28(53)31(29(54)37(63-34)67-57)61-33-25(50)22(47)26(51)36(62-33)66-56)19(41)6-10-42(15,14-41)65-35-27(52)23(48)30(17(13-44)59-35)60-32-24(49)21(46)20(45)16(12-43)58-32/h16-37,43-54,56-57H,1,4-14H2,2-3H3/t16-,17-,18+,19+,20-,21+,22-,23-,24-,25-,26+,27-,28-,29+,30-,31-,32-,33+,34+,35+,36-,37-,39-,40-,41-,42+/m1/s1. The van der Waals surface area contributed by atoms with Crippen molar-refractivity contribution in [1.82, 2.24) is 0 Å². The van der Waals surface area contributed by atoms with Gasteiger partial charge in [0.25, 0.3) is 0 Å². The second kappa shape index (κ2) is 19.4. The Morgan fingerprint density at radius 3 is 1.79 bits per heavy atom. The molecule has 8 fully saturated rings. The van der Waals surface area contributed by atoms with E-state index in [1.54, 1.807) is 6.92 Å². The van der Waals surface area contributed by atoms with E-state index in [4.69, 9.17) is 43.2 Å². The zero-order valence-electron chi connectivity index (χ0n) is 36.9. The Bertz CT molecular complexity index is 1760. The summed E-state index contributed by atoms with van der Waals surface area (Å²) in [5.41, 5.74) is -2.24. The first-order chi connectivity index (χ1) is 31.6. The lowest BCUT2D eigenvalue weighted by Gasteiger charge is -2.64. The maximum Gasteiger partial charge on any atom is 0.314 e. The van der Waals surface area contributed by atoms with Crippen LogP contribution in [0.5, 0.6) is 0 Å². The third kappa shape index (κ3) is 8.60. The number of hydrogen-bond donors (Lipinski definition) is 14. The van der Waals surface area contributed by atoms with Crippen LogP contribution in [0.15, 0.2) is 12.2 Å². The van der Waals surface area contributed by atoms with Gasteiger partial charge in [0.15, 0.2) is 18.9 Å². The van der Waals surface area contributed by atoms with Gasteiger partial charge in [0.2, 0.25) is 18.9 Å². The molecule has 2 bridgehead atoms. The molecular weight excluding hydrogens is 904 g/mol. The molecule has 14 N–H and O–H groups in total. The topological polar surface area (TPSA) is 393 Å². The lowest BCUT2D eigenvalue weighted by molar-refractivity contribution is -0.454. The van der Waals surface area contributed by atoms with Crippen LogP contribution in [0.25, 0.3) is 0 Å². The Morgan fingerprint density at radius 1 is 0.597 bits per heavy atom. The first kappa shape index (κ1) is 51.6. The highest BCUT2D eigenvalue weighted by Crippen LogP contribution is 2.73. The van der Waals surface area contributed by atoms with Gasteiger partial charge in [-0.1, -0.05) is 19.9 Å². The van der Waals surface area contributed by atoms with Crippen molar-refractivity contribution in [1.29, 1.82) is 0 Å². The van der Waals surface area contributed by atoms with E-state index >= 15 is 0 Å². The molecule has 4 aliphatic heterocycles. The van der Waals surface area contributed by atoms with Gasteiger partial charge in [0.1, 0.15) is 85.5 Å². The number of rotatable bonds is 12. The quantitative estimate of drug-likeness (QED) is 0.0290. The van der Waals surface area contributed by atoms with Crippen molar-refractivity contribution in [2.45, 2.75) is 200 Å². The Labute approximate surface area is 383 Å². The smallest absolute Gasteiger partial charge is 0.314 e. The predicted molar refractivity (Wildman–Crippen MR) is 212 cm³/mol. The monoisotopic (exact) mass is 970 g/mol. The maximum atomic E-state index is 14.5. The van der Waals surface area contributed by atoms with Gasteiger partial charge in [-0.05, 0) is 86.5 Å². The molecule has 25 heteroatoms. The summed E-state index contributed by atoms with van der Waals surface area (Å²) in [6, 6.07) is 0. The van der Waals surface area contributed by atoms with E-state index < -0.39 is 159 Å². The first-order valence-corrected chi connectivity index (χ1v) is 22.8. The average molecular weight is 971 g/mol. The van der Waals surface area contributed by atoms with E-state index in [9.17, 15) is 71.3 Å². The van der Waals surface area contributed by atoms with E-state index in [2.05, 4.69) is 23.3 Å². The minimum atomic E-state index is -2.01. The summed E-state index contributed by atoms with van der Waals surface area (Å²) in [4.78, 5) is 22.8. The van der Waals surface area contributed by atoms with Crippen LogP contribution < -0.4 is 0 Å². The van der Waals surface area contributed by atoms with Crippen LogP contribution in [0.1, 0.15) is 71.6 Å². The number of aliphatic hydroxyl groups excluding tert-OH is 12. The average Bonchev–Trinajstić information content (AvgIpc) is 3.50. The predicted octanol–water partition coefficient (Wildman–Crippen LogP) is -4.20. The van der Waals surface area contributed by atoms with Crippen LogP contribution in [0.4, 0.5) is 0 Å². The van der Waals surface area contributed by atoms with Crippen molar-refractivity contribution < 1.29 is 124 Å². The van der Waals surface area contributed by atoms with Gasteiger partial charge in [0, 0.05) is 0 Å². The molecule has 384 valence electrons. The van der Waals surface area contributed by atoms with Crippen molar-refractivity contribution in [3.05, 3.63) is 12.2 Å². The molecule has 0 amide bonds. The van der Waals surface area contributed by atoms with Crippen molar-refractivity contribution in [3.8, 4) is 0 Å². The highest BCUT2D eigenvalue weighted by atomic mass is 17.1. The molecule has 0 unspecified atom stereocenters. The fourth-order valence-corrected chi connectivity index (χ4v) is 13.2. The van der Waals surface area contributed by atoms with Crippen LogP contribution in [-0.4, -0.2) is 220 Å². The molecule has 4 saturated heterocycles. The third-order valence-corrected chi connectivity index (χ3v) is 16.6. The van der Waals surface area contributed by atoms with E-state index in [1.165, 1.54) is 0 Å². The van der Waals surface area contributed by atoms with Crippen LogP contribution in [0, 0.1) is 28.1 Å². The van der Waals surface area contributed by atoms with Crippen molar-refractivity contribution in [2.24, 2.45) is 28.1 Å². The van der Waals surface area contributed by atoms with Gasteiger partial charge in [0.05, 0.1) is 24.2 Å². The molecule has 0 aromatic heterocycles. The minimum absolute atomic E-state index is 0.0329. The van der Waals surface area contributed by atoms with E-state index in [1.807, 2.05) is 0 Å². The maximum absolute atomic E-state index is 14.5. The molecular formula is C42H66O25. The number of hydrogen-bond acceptors (Lipinski definition) is 25. The Hall–Kier alpha value is -1.71. The number of aliphatic hydroxyl groups is 12. The largest absolute Gasteiger partial charge is 0.432 e. The van der Waals surface area contributed by atoms with Gasteiger partial charge in [-0.3, -0.25) is 4.79 Å². The molecule has 8 aliphatic rings. The first-order valence-electron chi connectivity index (χ1n) is 22.8. The highest BCUT2D eigenvalue weighted by Gasteiger charge is 2.69. The van der Waals surface area contributed by atoms with Gasteiger partial charge in [-0.25, -0.2) is 20.3 Å². The third-order valence-electron chi connectivity index (χ3n) is 16.6. The van der Waals surface area contributed by atoms with E-state index in [-0.39, 0.29) is 17.3 Å². The normalized spacial score (nSPS) is 54.5. The number of carbonyl (C=O) groups is 1. The summed E-state index contributed by atoms with van der Waals surface area (Å²) in [5.74, 6) is -0.984. The van der Waals surface area contributed by atoms with E-state index in [0.29, 0.717) is 51.4 Å². The van der Waals surface area contributed by atoms with Crippen LogP contribution in [0.3, 0.4) is 0 Å². The summed E-state index contributed by atoms with van der Waals surface area (Å²) in [6.45, 7) is 6.90. The summed E-state index contributed by atoms with van der Waals surface area (Å²) in [5, 5.41) is 145. The molecule has 26 atom stereocenters. The molecule has 0 radical (unpaired) electrons. The second-order valence-electron chi connectivity index (χ2n) is 20.3. The van der Waals surface area contributed by atoms with Gasteiger partial charge in [-0.15, -0.1) is 0 Å². The molecule has 67 heavy (non-hydrogen) atoms. The summed E-state index contributed by atoms with van der Waals surface area (Å²) >= 11 is 0. The molecule has 4 saturated carbocycles. The molecule has 4 heterocycles. The zero-order valence-corrected chi connectivity index (χ0v) is 36.9. The molecule has 8 rings (SSSR count). The van der Waals surface area contributed by atoms with Gasteiger partial charge < -0.3 is 99.2 Å². The van der Waals surface area contributed by atoms with Crippen molar-refractivity contribution in [2.75, 3.05) is 13.2 Å². The Balaban J connectivity index is 0.945. The second-order valence-corrected chi connectivity index (χ2v) is 20.3. The van der Waals surface area contributed by atoms with Crippen molar-refractivity contribution >= 4 is 5.97 Å². The summed E-state index contributed by atoms with van der Waals surface area (Å²) < 4.78 is 45.9. The molecule has 1 spiro atoms. The summed E-state index contributed by atoms with van der Waals surface area (Å²) in [6.07, 6.45) is -30.6. The van der Waals surface area contributed by atoms with Gasteiger partial charge >= 0.3 is 5.97 Å². The fourth-order valence-electron chi connectivity index (χ4n) is 13.2. The lowest BCUT2D eigenvalue weighted by Crippen LogP contribution is -2.65. The zero-order chi connectivity index (χ0) is 48.7. The molecule has 4 aliphatic carbocycles.